The van der Waals surface area contributed by atoms with Gasteiger partial charge in [0.25, 0.3) is 5.69 Å². The fourth-order valence-electron chi connectivity index (χ4n) is 3.74. The average Bonchev–Trinajstić information content (AvgIpc) is 3.33. The number of ether oxygens (including phenoxy) is 1. The van der Waals surface area contributed by atoms with Crippen molar-refractivity contribution in [3.05, 3.63) is 116 Å². The molecule has 1 aromatic heterocycles. The Morgan fingerprint density at radius 1 is 0.868 bits per heavy atom. The van der Waals surface area contributed by atoms with Crippen LogP contribution in [-0.2, 0) is 0 Å². The lowest BCUT2D eigenvalue weighted by molar-refractivity contribution is -0.394. The maximum Gasteiger partial charge on any atom is 0.318 e. The van der Waals surface area contributed by atoms with Gasteiger partial charge in [-0.2, -0.15) is 0 Å². The van der Waals surface area contributed by atoms with Crippen molar-refractivity contribution in [2.45, 2.75) is 13.8 Å². The minimum Gasteiger partial charge on any atom is -0.450 e. The molecule has 0 N–H and O–H groups in total. The molecule has 0 radical (unpaired) electrons. The van der Waals surface area contributed by atoms with Crippen LogP contribution in [0.25, 0.3) is 22.6 Å². The van der Waals surface area contributed by atoms with Gasteiger partial charge in [0.2, 0.25) is 11.6 Å². The Kier molecular flexibility index (Phi) is 6.36. The van der Waals surface area contributed by atoms with E-state index in [0.717, 1.165) is 28.8 Å². The van der Waals surface area contributed by atoms with E-state index in [1.165, 1.54) is 11.6 Å². The predicted octanol–water partition coefficient (Wildman–Crippen LogP) is 7.47. The van der Waals surface area contributed by atoms with E-state index < -0.39 is 15.5 Å². The van der Waals surface area contributed by atoms with Crippen molar-refractivity contribution in [2.24, 2.45) is 4.99 Å². The Morgan fingerprint density at radius 2 is 1.66 bits per heavy atom. The van der Waals surface area contributed by atoms with Crippen LogP contribution in [0.2, 0.25) is 0 Å². The van der Waals surface area contributed by atoms with Gasteiger partial charge in [-0.25, -0.2) is 4.98 Å². The Morgan fingerprint density at radius 3 is 2.37 bits per heavy atom. The monoisotopic (exact) mass is 508 g/mol. The number of hydrogen-bond donors (Lipinski definition) is 0. The van der Waals surface area contributed by atoms with E-state index >= 15 is 0 Å². The number of aryl methyl sites for hydroxylation is 2. The van der Waals surface area contributed by atoms with Crippen LogP contribution in [0.3, 0.4) is 0 Å². The van der Waals surface area contributed by atoms with Gasteiger partial charge in [0, 0.05) is 17.8 Å². The standard InChI is InChI=1S/C28H20N4O6/c1-17-3-6-20(13-18(17)2)28-30-24-14-21(7-11-26(24)38-28)29-16-19-4-9-23(10-5-19)37-27-12-8-22(31(33)34)15-25(27)32(35)36/h3-16H,1-2H3. The van der Waals surface area contributed by atoms with Crippen molar-refractivity contribution < 1.29 is 19.0 Å². The Bertz CT molecular complexity index is 1720. The topological polar surface area (TPSA) is 134 Å². The molecule has 0 bridgehead atoms. The molecule has 0 aliphatic heterocycles. The van der Waals surface area contributed by atoms with E-state index in [1.54, 1.807) is 30.5 Å². The van der Waals surface area contributed by atoms with Crippen molar-refractivity contribution in [1.82, 2.24) is 4.98 Å². The number of non-ortho nitro benzene ring substituents is 1. The van der Waals surface area contributed by atoms with Gasteiger partial charge in [0.15, 0.2) is 5.58 Å². The van der Waals surface area contributed by atoms with Crippen LogP contribution in [0, 0.1) is 34.1 Å². The van der Waals surface area contributed by atoms with Crippen LogP contribution in [0.4, 0.5) is 17.1 Å². The summed E-state index contributed by atoms with van der Waals surface area (Å²) in [4.78, 5) is 29.9. The second-order valence-electron chi connectivity index (χ2n) is 8.57. The predicted molar refractivity (Wildman–Crippen MR) is 142 cm³/mol. The van der Waals surface area contributed by atoms with Crippen LogP contribution in [0.1, 0.15) is 16.7 Å². The highest BCUT2D eigenvalue weighted by Crippen LogP contribution is 2.34. The molecule has 38 heavy (non-hydrogen) atoms. The number of fused-ring (bicyclic) bond motifs is 1. The maximum absolute atomic E-state index is 11.3. The number of nitrogens with zero attached hydrogens (tertiary/aromatic N) is 4. The molecular formula is C28H20N4O6. The fourth-order valence-corrected chi connectivity index (χ4v) is 3.74. The van der Waals surface area contributed by atoms with Gasteiger partial charge in [-0.3, -0.25) is 25.2 Å². The highest BCUT2D eigenvalue weighted by atomic mass is 16.6. The summed E-state index contributed by atoms with van der Waals surface area (Å²) in [6.07, 6.45) is 1.67. The van der Waals surface area contributed by atoms with Crippen molar-refractivity contribution >= 4 is 34.4 Å². The molecule has 0 saturated carbocycles. The van der Waals surface area contributed by atoms with Gasteiger partial charge in [-0.05, 0) is 91.2 Å². The number of nitro groups is 2. The lowest BCUT2D eigenvalue weighted by atomic mass is 10.1. The van der Waals surface area contributed by atoms with E-state index in [9.17, 15) is 20.2 Å². The van der Waals surface area contributed by atoms with Crippen LogP contribution < -0.4 is 4.74 Å². The number of benzene rings is 4. The molecule has 0 aliphatic carbocycles. The smallest absolute Gasteiger partial charge is 0.318 e. The van der Waals surface area contributed by atoms with Crippen LogP contribution >= 0.6 is 0 Å². The lowest BCUT2D eigenvalue weighted by Gasteiger charge is -2.06. The number of oxazole rings is 1. The molecule has 1 heterocycles. The lowest BCUT2D eigenvalue weighted by Crippen LogP contribution is -1.96. The summed E-state index contributed by atoms with van der Waals surface area (Å²) >= 11 is 0. The van der Waals surface area contributed by atoms with Crippen molar-refractivity contribution in [3.8, 4) is 23.0 Å². The number of aromatic nitrogens is 1. The van der Waals surface area contributed by atoms with E-state index in [-0.39, 0.29) is 11.4 Å². The molecule has 10 heteroatoms. The molecule has 0 aliphatic rings. The van der Waals surface area contributed by atoms with Crippen molar-refractivity contribution in [3.63, 3.8) is 0 Å². The summed E-state index contributed by atoms with van der Waals surface area (Å²) in [5.74, 6) is 0.790. The van der Waals surface area contributed by atoms with Gasteiger partial charge in [-0.15, -0.1) is 0 Å². The molecule has 188 valence electrons. The maximum atomic E-state index is 11.3. The summed E-state index contributed by atoms with van der Waals surface area (Å²) in [5, 5.41) is 22.2. The van der Waals surface area contributed by atoms with Gasteiger partial charge in [0.05, 0.1) is 21.6 Å². The summed E-state index contributed by atoms with van der Waals surface area (Å²) in [5.41, 5.74) is 5.22. The van der Waals surface area contributed by atoms with Crippen molar-refractivity contribution in [2.75, 3.05) is 0 Å². The van der Waals surface area contributed by atoms with E-state index in [1.807, 2.05) is 43.3 Å². The van der Waals surface area contributed by atoms with E-state index in [0.29, 0.717) is 28.4 Å². The minimum absolute atomic E-state index is 0.0944. The third-order valence-electron chi connectivity index (χ3n) is 5.95. The Labute approximate surface area is 216 Å². The molecule has 0 fully saturated rings. The number of aliphatic imine (C=N–C) groups is 1. The number of nitro benzene ring substituents is 2. The van der Waals surface area contributed by atoms with E-state index in [2.05, 4.69) is 16.9 Å². The Hall–Kier alpha value is -5.38. The summed E-state index contributed by atoms with van der Waals surface area (Å²) < 4.78 is 11.5. The Balaban J connectivity index is 1.31. The molecule has 5 aromatic rings. The molecule has 10 nitrogen and oxygen atoms in total. The van der Waals surface area contributed by atoms with Crippen LogP contribution in [0.15, 0.2) is 88.3 Å². The fraction of sp³-hybridized carbons (Fsp3) is 0.0714. The van der Waals surface area contributed by atoms with Gasteiger partial charge in [0.1, 0.15) is 11.3 Å². The highest BCUT2D eigenvalue weighted by Gasteiger charge is 2.21. The van der Waals surface area contributed by atoms with Gasteiger partial charge >= 0.3 is 5.69 Å². The van der Waals surface area contributed by atoms with Gasteiger partial charge < -0.3 is 9.15 Å². The summed E-state index contributed by atoms with van der Waals surface area (Å²) in [7, 11) is 0. The first kappa shape index (κ1) is 24.3. The van der Waals surface area contributed by atoms with E-state index in [4.69, 9.17) is 9.15 Å². The molecule has 4 aromatic carbocycles. The normalized spacial score (nSPS) is 11.2. The first-order chi connectivity index (χ1) is 18.3. The quantitative estimate of drug-likeness (QED) is 0.126. The van der Waals surface area contributed by atoms with Gasteiger partial charge in [-0.1, -0.05) is 6.07 Å². The first-order valence-corrected chi connectivity index (χ1v) is 11.5. The van der Waals surface area contributed by atoms with Crippen LogP contribution in [0.5, 0.6) is 11.5 Å². The minimum atomic E-state index is -0.722. The third kappa shape index (κ3) is 5.09. The molecule has 5 rings (SSSR count). The zero-order valence-corrected chi connectivity index (χ0v) is 20.3. The molecule has 0 saturated heterocycles. The largest absolute Gasteiger partial charge is 0.450 e. The molecule has 0 unspecified atom stereocenters. The first-order valence-electron chi connectivity index (χ1n) is 11.5. The SMILES string of the molecule is Cc1ccc(-c2nc3cc(N=Cc4ccc(Oc5ccc([N+](=O)[O-])cc5[N+](=O)[O-])cc4)ccc3o2)cc1C. The summed E-state index contributed by atoms with van der Waals surface area (Å²) in [6.45, 7) is 4.10. The number of rotatable bonds is 7. The number of hydrogen-bond acceptors (Lipinski definition) is 8. The van der Waals surface area contributed by atoms with Crippen LogP contribution in [-0.4, -0.2) is 21.0 Å². The highest BCUT2D eigenvalue weighted by molar-refractivity contribution is 5.85. The second-order valence-corrected chi connectivity index (χ2v) is 8.57. The molecule has 0 spiro atoms. The van der Waals surface area contributed by atoms with Crippen molar-refractivity contribution in [1.29, 1.82) is 0 Å². The zero-order chi connectivity index (χ0) is 26.8. The summed E-state index contributed by atoms with van der Waals surface area (Å²) in [6, 6.07) is 21.5. The molecular weight excluding hydrogens is 488 g/mol. The average molecular weight is 508 g/mol. The molecule has 0 amide bonds. The second kappa shape index (κ2) is 9.94. The zero-order valence-electron chi connectivity index (χ0n) is 20.3. The third-order valence-corrected chi connectivity index (χ3v) is 5.95. The molecule has 0 atom stereocenters.